The first-order valence-corrected chi connectivity index (χ1v) is 13.7. The molecule has 0 unspecified atom stereocenters. The fourth-order valence-electron chi connectivity index (χ4n) is 5.06. The molecule has 0 N–H and O–H groups in total. The Labute approximate surface area is 251 Å². The van der Waals surface area contributed by atoms with Crippen molar-refractivity contribution in [3.8, 4) is 45.5 Å². The molecule has 6 aromatic rings. The van der Waals surface area contributed by atoms with E-state index in [0.717, 1.165) is 50.4 Å². The molecule has 4 heteroatoms. The molecule has 0 spiro atoms. The number of hydrogen-bond donors (Lipinski definition) is 0. The quantitative estimate of drug-likeness (QED) is 0.195. The van der Waals surface area contributed by atoms with E-state index in [4.69, 9.17) is 17.1 Å². The zero-order valence-corrected chi connectivity index (χ0v) is 23.1. The Morgan fingerprint density at radius 3 is 0.907 bits per heavy atom. The maximum absolute atomic E-state index is 9.14. The van der Waals surface area contributed by atoms with Crippen molar-refractivity contribution in [3.05, 3.63) is 168 Å². The SMILES string of the molecule is [C-]#[N+]c1ccc(-c2ccc(N(c3ccc(-c4ccc(C#N)cc4)cc3)c3ccc(-c4ccc(C#N)cc4)cc3)cc2)cc1. The lowest BCUT2D eigenvalue weighted by atomic mass is 10.0. The van der Waals surface area contributed by atoms with Crippen LogP contribution in [0.5, 0.6) is 0 Å². The molecule has 0 radical (unpaired) electrons. The molecular formula is C39H24N4. The highest BCUT2D eigenvalue weighted by Crippen LogP contribution is 2.37. The third-order valence-corrected chi connectivity index (χ3v) is 7.40. The maximum atomic E-state index is 9.14. The molecule has 0 heterocycles. The Balaban J connectivity index is 1.36. The number of benzene rings is 6. The molecule has 43 heavy (non-hydrogen) atoms. The van der Waals surface area contributed by atoms with Crippen molar-refractivity contribution < 1.29 is 0 Å². The number of nitriles is 2. The summed E-state index contributed by atoms with van der Waals surface area (Å²) in [5, 5.41) is 18.3. The lowest BCUT2D eigenvalue weighted by Crippen LogP contribution is -2.09. The predicted molar refractivity (Wildman–Crippen MR) is 173 cm³/mol. The standard InChI is InChI=1S/C39H24N4/c1-42-36-18-10-32(11-19-36)35-16-24-39(25-17-35)43(37-20-12-33(13-21-37)30-6-2-28(26-40)3-7-30)38-22-14-34(15-23-38)31-8-4-29(27-41)5-9-31/h2-25H. The molecule has 0 saturated carbocycles. The Hall–Kier alpha value is -6.41. The van der Waals surface area contributed by atoms with Crippen LogP contribution in [0.3, 0.4) is 0 Å². The number of hydrogen-bond acceptors (Lipinski definition) is 3. The van der Waals surface area contributed by atoms with Gasteiger partial charge in [0.15, 0.2) is 5.69 Å². The minimum atomic E-state index is 0.625. The van der Waals surface area contributed by atoms with E-state index in [1.54, 1.807) is 0 Å². The lowest BCUT2D eigenvalue weighted by molar-refractivity contribution is 1.28. The summed E-state index contributed by atoms with van der Waals surface area (Å²) < 4.78 is 0. The van der Waals surface area contributed by atoms with Gasteiger partial charge in [0.1, 0.15) is 0 Å². The van der Waals surface area contributed by atoms with E-state index in [1.165, 1.54) is 0 Å². The fraction of sp³-hybridized carbons (Fsp3) is 0. The number of rotatable bonds is 6. The molecule has 0 aromatic heterocycles. The Kier molecular flexibility index (Phi) is 7.47. The highest BCUT2D eigenvalue weighted by Gasteiger charge is 2.14. The van der Waals surface area contributed by atoms with Gasteiger partial charge in [-0.3, -0.25) is 0 Å². The molecule has 0 aliphatic rings. The summed E-state index contributed by atoms with van der Waals surface area (Å²) in [5.74, 6) is 0. The van der Waals surface area contributed by atoms with Crippen LogP contribution in [0.4, 0.5) is 22.7 Å². The van der Waals surface area contributed by atoms with Crippen LogP contribution in [0.2, 0.25) is 0 Å². The van der Waals surface area contributed by atoms with Crippen molar-refractivity contribution >= 4 is 22.7 Å². The molecule has 0 saturated heterocycles. The molecule has 0 aliphatic carbocycles. The molecule has 0 bridgehead atoms. The zero-order valence-electron chi connectivity index (χ0n) is 23.1. The first-order valence-electron chi connectivity index (χ1n) is 13.7. The van der Waals surface area contributed by atoms with Gasteiger partial charge >= 0.3 is 0 Å². The second kappa shape index (κ2) is 12.0. The molecule has 6 rings (SSSR count). The largest absolute Gasteiger partial charge is 0.311 e. The number of anilines is 3. The van der Waals surface area contributed by atoms with Crippen molar-refractivity contribution in [2.75, 3.05) is 4.90 Å². The van der Waals surface area contributed by atoms with Gasteiger partial charge in [-0.2, -0.15) is 10.5 Å². The summed E-state index contributed by atoms with van der Waals surface area (Å²) in [6.45, 7) is 7.21. The molecule has 6 aromatic carbocycles. The van der Waals surface area contributed by atoms with Crippen LogP contribution in [-0.4, -0.2) is 0 Å². The molecule has 0 aliphatic heterocycles. The highest BCUT2D eigenvalue weighted by atomic mass is 15.1. The Morgan fingerprint density at radius 1 is 0.395 bits per heavy atom. The van der Waals surface area contributed by atoms with Crippen LogP contribution < -0.4 is 4.90 Å². The average Bonchev–Trinajstić information content (AvgIpc) is 3.09. The minimum Gasteiger partial charge on any atom is -0.311 e. The highest BCUT2D eigenvalue weighted by molar-refractivity contribution is 5.81. The zero-order chi connectivity index (χ0) is 29.6. The van der Waals surface area contributed by atoms with Crippen LogP contribution in [0.15, 0.2) is 146 Å². The van der Waals surface area contributed by atoms with Gasteiger partial charge in [-0.25, -0.2) is 4.85 Å². The topological polar surface area (TPSA) is 55.2 Å². The third kappa shape index (κ3) is 5.75. The smallest absolute Gasteiger partial charge is 0.187 e. The van der Waals surface area contributed by atoms with Gasteiger partial charge in [-0.1, -0.05) is 84.9 Å². The van der Waals surface area contributed by atoms with Crippen molar-refractivity contribution in [1.82, 2.24) is 0 Å². The van der Waals surface area contributed by atoms with Crippen LogP contribution in [-0.2, 0) is 0 Å². The second-order valence-electron chi connectivity index (χ2n) is 10.0. The summed E-state index contributed by atoms with van der Waals surface area (Å²) >= 11 is 0. The fourth-order valence-corrected chi connectivity index (χ4v) is 5.06. The van der Waals surface area contributed by atoms with Gasteiger partial charge in [-0.15, -0.1) is 0 Å². The van der Waals surface area contributed by atoms with Gasteiger partial charge in [0.05, 0.1) is 29.8 Å². The van der Waals surface area contributed by atoms with Gasteiger partial charge in [0.2, 0.25) is 0 Å². The van der Waals surface area contributed by atoms with Crippen molar-refractivity contribution in [2.24, 2.45) is 0 Å². The van der Waals surface area contributed by atoms with Crippen LogP contribution >= 0.6 is 0 Å². The molecule has 4 nitrogen and oxygen atoms in total. The van der Waals surface area contributed by atoms with Gasteiger partial charge in [0.25, 0.3) is 0 Å². The van der Waals surface area contributed by atoms with E-state index in [0.29, 0.717) is 16.8 Å². The Morgan fingerprint density at radius 2 is 0.651 bits per heavy atom. The summed E-state index contributed by atoms with van der Waals surface area (Å²) in [5.41, 5.74) is 11.3. The third-order valence-electron chi connectivity index (χ3n) is 7.40. The Bertz CT molecular complexity index is 1750. The lowest BCUT2D eigenvalue weighted by Gasteiger charge is -2.26. The second-order valence-corrected chi connectivity index (χ2v) is 10.0. The average molecular weight is 549 g/mol. The molecule has 200 valence electrons. The van der Waals surface area contributed by atoms with Gasteiger partial charge < -0.3 is 4.90 Å². The molecule has 0 atom stereocenters. The minimum absolute atomic E-state index is 0.625. The van der Waals surface area contributed by atoms with Crippen LogP contribution in [0, 0.1) is 29.2 Å². The van der Waals surface area contributed by atoms with E-state index in [-0.39, 0.29) is 0 Å². The predicted octanol–water partition coefficient (Wildman–Crippen LogP) is 10.5. The normalized spacial score (nSPS) is 10.3. The maximum Gasteiger partial charge on any atom is 0.187 e. The van der Waals surface area contributed by atoms with Crippen LogP contribution in [0.1, 0.15) is 11.1 Å². The first kappa shape index (κ1) is 26.8. The number of nitrogens with zero attached hydrogens (tertiary/aromatic N) is 4. The van der Waals surface area contributed by atoms with E-state index in [2.05, 4.69) is 94.7 Å². The van der Waals surface area contributed by atoms with Crippen LogP contribution in [0.25, 0.3) is 38.2 Å². The molecular weight excluding hydrogens is 524 g/mol. The monoisotopic (exact) mass is 548 g/mol. The van der Waals surface area contributed by atoms with E-state index in [1.807, 2.05) is 72.8 Å². The van der Waals surface area contributed by atoms with E-state index >= 15 is 0 Å². The van der Waals surface area contributed by atoms with Gasteiger partial charge in [0, 0.05) is 17.1 Å². The summed E-state index contributed by atoms with van der Waals surface area (Å²) in [4.78, 5) is 5.71. The van der Waals surface area contributed by atoms with Crippen molar-refractivity contribution in [3.63, 3.8) is 0 Å². The first-order chi connectivity index (χ1) is 21.1. The van der Waals surface area contributed by atoms with Crippen molar-refractivity contribution in [1.29, 1.82) is 10.5 Å². The van der Waals surface area contributed by atoms with E-state index in [9.17, 15) is 0 Å². The molecule has 0 fully saturated rings. The molecule has 0 amide bonds. The summed E-state index contributed by atoms with van der Waals surface area (Å²) in [6.07, 6.45) is 0. The summed E-state index contributed by atoms with van der Waals surface area (Å²) in [7, 11) is 0. The van der Waals surface area contributed by atoms with Gasteiger partial charge in [-0.05, 0) is 94.0 Å². The summed E-state index contributed by atoms with van der Waals surface area (Å²) in [6, 6.07) is 52.5. The van der Waals surface area contributed by atoms with E-state index < -0.39 is 0 Å². The van der Waals surface area contributed by atoms with Crippen molar-refractivity contribution in [2.45, 2.75) is 0 Å².